The summed E-state index contributed by atoms with van der Waals surface area (Å²) in [4.78, 5) is 21.8. The van der Waals surface area contributed by atoms with Crippen molar-refractivity contribution in [3.8, 4) is 5.75 Å². The lowest BCUT2D eigenvalue weighted by Crippen LogP contribution is -2.29. The largest absolute Gasteiger partial charge is 0.497 e. The predicted octanol–water partition coefficient (Wildman–Crippen LogP) is 1.27. The van der Waals surface area contributed by atoms with Gasteiger partial charge in [0.1, 0.15) is 5.75 Å². The minimum atomic E-state index is -1.01. The first-order valence-electron chi connectivity index (χ1n) is 5.29. The number of carbonyl (C=O) groups excluding carboxylic acids is 2. The van der Waals surface area contributed by atoms with Gasteiger partial charge in [-0.1, -0.05) is 12.1 Å². The molecule has 0 aliphatic rings. The van der Waals surface area contributed by atoms with E-state index in [-0.39, 0.29) is 0 Å². The summed E-state index contributed by atoms with van der Waals surface area (Å²) in [5.41, 5.74) is 5.39. The Morgan fingerprint density at radius 1 is 1.11 bits per heavy atom. The first kappa shape index (κ1) is 11.9. The molecule has 3 N–H and O–H groups in total. The quantitative estimate of drug-likeness (QED) is 0.780. The van der Waals surface area contributed by atoms with Gasteiger partial charge in [-0.3, -0.25) is 9.59 Å². The van der Waals surface area contributed by atoms with Gasteiger partial charge >= 0.3 is 11.8 Å². The highest BCUT2D eigenvalue weighted by atomic mass is 16.5. The van der Waals surface area contributed by atoms with Crippen LogP contribution in [0, 0.1) is 0 Å². The minimum Gasteiger partial charge on any atom is -0.497 e. The van der Waals surface area contributed by atoms with Gasteiger partial charge in [0.15, 0.2) is 0 Å². The van der Waals surface area contributed by atoms with Gasteiger partial charge in [0.2, 0.25) is 0 Å². The molecule has 2 rings (SSSR count). The Hall–Kier alpha value is -2.56. The Kier molecular flexibility index (Phi) is 3.14. The lowest BCUT2D eigenvalue weighted by molar-refractivity contribution is -0.134. The number of anilines is 1. The van der Waals surface area contributed by atoms with Crippen molar-refractivity contribution in [2.24, 2.45) is 5.73 Å². The number of nitrogens with two attached hydrogens (primary N) is 1. The maximum absolute atomic E-state index is 11.1. The van der Waals surface area contributed by atoms with Crippen molar-refractivity contribution < 1.29 is 14.3 Å². The van der Waals surface area contributed by atoms with Gasteiger partial charge < -0.3 is 15.8 Å². The third kappa shape index (κ3) is 2.40. The van der Waals surface area contributed by atoms with Crippen molar-refractivity contribution in [3.05, 3.63) is 36.4 Å². The van der Waals surface area contributed by atoms with E-state index in [0.29, 0.717) is 5.69 Å². The number of hydrogen-bond acceptors (Lipinski definition) is 3. The zero-order valence-electron chi connectivity index (χ0n) is 9.77. The molecule has 0 radical (unpaired) electrons. The molecular formula is C13H12N2O3. The van der Waals surface area contributed by atoms with Gasteiger partial charge in [0, 0.05) is 5.69 Å². The normalized spacial score (nSPS) is 10.1. The topological polar surface area (TPSA) is 81.4 Å². The Labute approximate surface area is 104 Å². The average Bonchev–Trinajstić information content (AvgIpc) is 2.37. The monoisotopic (exact) mass is 244 g/mol. The van der Waals surface area contributed by atoms with Gasteiger partial charge in [-0.2, -0.15) is 0 Å². The number of hydrogen-bond donors (Lipinski definition) is 2. The molecule has 0 unspecified atom stereocenters. The van der Waals surface area contributed by atoms with Crippen LogP contribution in [-0.4, -0.2) is 18.9 Å². The van der Waals surface area contributed by atoms with Gasteiger partial charge in [-0.15, -0.1) is 0 Å². The lowest BCUT2D eigenvalue weighted by atomic mass is 10.1. The second-order valence-corrected chi connectivity index (χ2v) is 3.75. The number of ether oxygens (including phenoxy) is 1. The fourth-order valence-electron chi connectivity index (χ4n) is 1.62. The van der Waals surface area contributed by atoms with E-state index in [4.69, 9.17) is 10.5 Å². The summed E-state index contributed by atoms with van der Waals surface area (Å²) in [5.74, 6) is -1.08. The molecule has 0 bridgehead atoms. The van der Waals surface area contributed by atoms with E-state index >= 15 is 0 Å². The molecule has 0 aliphatic carbocycles. The second-order valence-electron chi connectivity index (χ2n) is 3.75. The highest BCUT2D eigenvalue weighted by molar-refractivity contribution is 6.39. The molecule has 2 amide bonds. The third-order valence-corrected chi connectivity index (χ3v) is 2.53. The predicted molar refractivity (Wildman–Crippen MR) is 68.3 cm³/mol. The van der Waals surface area contributed by atoms with Crippen LogP contribution < -0.4 is 15.8 Å². The van der Waals surface area contributed by atoms with Crippen molar-refractivity contribution in [1.82, 2.24) is 0 Å². The Balaban J connectivity index is 2.33. The second kappa shape index (κ2) is 4.75. The summed E-state index contributed by atoms with van der Waals surface area (Å²) >= 11 is 0. The number of primary amides is 1. The molecule has 0 fully saturated rings. The van der Waals surface area contributed by atoms with Gasteiger partial charge in [0.25, 0.3) is 0 Å². The molecule has 92 valence electrons. The maximum Gasteiger partial charge on any atom is 0.313 e. The summed E-state index contributed by atoms with van der Waals surface area (Å²) in [6.45, 7) is 0. The van der Waals surface area contributed by atoms with Crippen LogP contribution in [0.2, 0.25) is 0 Å². The van der Waals surface area contributed by atoms with Crippen LogP contribution in [-0.2, 0) is 9.59 Å². The van der Waals surface area contributed by atoms with Crippen LogP contribution in [0.15, 0.2) is 36.4 Å². The number of amides is 2. The fourth-order valence-corrected chi connectivity index (χ4v) is 1.62. The first-order chi connectivity index (χ1) is 8.60. The van der Waals surface area contributed by atoms with Crippen molar-refractivity contribution >= 4 is 28.3 Å². The average molecular weight is 244 g/mol. The number of carbonyl (C=O) groups is 2. The summed E-state index contributed by atoms with van der Waals surface area (Å²) in [7, 11) is 1.60. The van der Waals surface area contributed by atoms with Crippen LogP contribution in [0.4, 0.5) is 5.69 Å². The first-order valence-corrected chi connectivity index (χ1v) is 5.29. The number of benzene rings is 2. The highest BCUT2D eigenvalue weighted by Gasteiger charge is 2.08. The standard InChI is InChI=1S/C13H12N2O3/c1-18-11-5-3-8-6-10(4-2-9(8)7-11)15-13(17)12(14)16/h2-7H,1H3,(H2,14,16)(H,15,17). The van der Waals surface area contributed by atoms with E-state index < -0.39 is 11.8 Å². The molecule has 0 saturated carbocycles. The number of rotatable bonds is 2. The Morgan fingerprint density at radius 2 is 1.78 bits per heavy atom. The maximum atomic E-state index is 11.1. The van der Waals surface area contributed by atoms with Crippen molar-refractivity contribution in [3.63, 3.8) is 0 Å². The SMILES string of the molecule is COc1ccc2cc(NC(=O)C(N)=O)ccc2c1. The zero-order valence-corrected chi connectivity index (χ0v) is 9.77. The summed E-state index contributed by atoms with van der Waals surface area (Å²) in [6, 6.07) is 10.9. The summed E-state index contributed by atoms with van der Waals surface area (Å²) < 4.78 is 5.12. The fraction of sp³-hybridized carbons (Fsp3) is 0.0769. The van der Waals surface area contributed by atoms with Crippen molar-refractivity contribution in [2.75, 3.05) is 12.4 Å². The molecule has 5 nitrogen and oxygen atoms in total. The van der Waals surface area contributed by atoms with E-state index in [1.165, 1.54) is 0 Å². The van der Waals surface area contributed by atoms with Gasteiger partial charge in [-0.05, 0) is 35.0 Å². The van der Waals surface area contributed by atoms with E-state index in [2.05, 4.69) is 5.32 Å². The van der Waals surface area contributed by atoms with Crippen LogP contribution in [0.1, 0.15) is 0 Å². The van der Waals surface area contributed by atoms with E-state index in [1.807, 2.05) is 24.3 Å². The number of methoxy groups -OCH3 is 1. The summed E-state index contributed by atoms with van der Waals surface area (Å²) in [5, 5.41) is 4.32. The molecule has 2 aromatic rings. The van der Waals surface area contributed by atoms with E-state index in [1.54, 1.807) is 19.2 Å². The zero-order chi connectivity index (χ0) is 13.1. The molecule has 18 heavy (non-hydrogen) atoms. The molecule has 0 heterocycles. The molecule has 0 spiro atoms. The van der Waals surface area contributed by atoms with Gasteiger partial charge in [-0.25, -0.2) is 0 Å². The van der Waals surface area contributed by atoms with Gasteiger partial charge in [0.05, 0.1) is 7.11 Å². The Bertz CT molecular complexity index is 623. The van der Waals surface area contributed by atoms with Crippen LogP contribution in [0.25, 0.3) is 10.8 Å². The van der Waals surface area contributed by atoms with Crippen molar-refractivity contribution in [1.29, 1.82) is 0 Å². The smallest absolute Gasteiger partial charge is 0.313 e. The minimum absolute atomic E-state index is 0.525. The Morgan fingerprint density at radius 3 is 2.44 bits per heavy atom. The molecular weight excluding hydrogens is 232 g/mol. The van der Waals surface area contributed by atoms with E-state index in [0.717, 1.165) is 16.5 Å². The van der Waals surface area contributed by atoms with E-state index in [9.17, 15) is 9.59 Å². The molecule has 0 saturated heterocycles. The summed E-state index contributed by atoms with van der Waals surface area (Å²) in [6.07, 6.45) is 0. The number of nitrogens with one attached hydrogen (secondary N) is 1. The molecule has 0 aromatic heterocycles. The molecule has 0 atom stereocenters. The molecule has 2 aromatic carbocycles. The molecule has 5 heteroatoms. The molecule has 0 aliphatic heterocycles. The third-order valence-electron chi connectivity index (χ3n) is 2.53. The van der Waals surface area contributed by atoms with Crippen LogP contribution in [0.5, 0.6) is 5.75 Å². The number of fused-ring (bicyclic) bond motifs is 1. The highest BCUT2D eigenvalue weighted by Crippen LogP contribution is 2.23. The van der Waals surface area contributed by atoms with Crippen LogP contribution >= 0.6 is 0 Å². The van der Waals surface area contributed by atoms with Crippen molar-refractivity contribution in [2.45, 2.75) is 0 Å². The van der Waals surface area contributed by atoms with Crippen LogP contribution in [0.3, 0.4) is 0 Å². The lowest BCUT2D eigenvalue weighted by Gasteiger charge is -2.06.